The first-order valence-corrected chi connectivity index (χ1v) is 18.1. The highest BCUT2D eigenvalue weighted by Gasteiger charge is 2.26. The van der Waals surface area contributed by atoms with Gasteiger partial charge in [-0.3, -0.25) is 4.79 Å². The van der Waals surface area contributed by atoms with Crippen LogP contribution in [-0.2, 0) is 4.79 Å². The third kappa shape index (κ3) is 27.7. The van der Waals surface area contributed by atoms with Crippen molar-refractivity contribution in [3.8, 4) is 0 Å². The summed E-state index contributed by atoms with van der Waals surface area (Å²) >= 11 is 0. The number of hydrogen-bond acceptors (Lipinski definition) is 4. The Morgan fingerprint density at radius 1 is 0.571 bits per heavy atom. The van der Waals surface area contributed by atoms with Crippen molar-refractivity contribution in [2.75, 3.05) is 6.61 Å². The van der Waals surface area contributed by atoms with E-state index < -0.39 is 18.2 Å². The van der Waals surface area contributed by atoms with Crippen LogP contribution in [-0.4, -0.2) is 46.1 Å². The van der Waals surface area contributed by atoms with Crippen LogP contribution in [0.2, 0.25) is 0 Å². The molecule has 3 unspecified atom stereocenters. The Labute approximate surface area is 261 Å². The molecule has 248 valence electrons. The number of carbonyl (C=O) groups excluding carboxylic acids is 1. The molecule has 0 radical (unpaired) electrons. The van der Waals surface area contributed by atoms with E-state index in [0.717, 1.165) is 51.4 Å². The number of aliphatic hydroxyl groups excluding tert-OH is 3. The largest absolute Gasteiger partial charge is 0.394 e. The van der Waals surface area contributed by atoms with Crippen molar-refractivity contribution in [2.24, 2.45) is 0 Å². The molecule has 0 rings (SSSR count). The second-order valence-electron chi connectivity index (χ2n) is 12.4. The van der Waals surface area contributed by atoms with Crippen LogP contribution in [0, 0.1) is 0 Å². The minimum Gasteiger partial charge on any atom is -0.394 e. The van der Waals surface area contributed by atoms with Crippen molar-refractivity contribution in [3.63, 3.8) is 0 Å². The van der Waals surface area contributed by atoms with Crippen LogP contribution in [0.25, 0.3) is 0 Å². The minimum atomic E-state index is -1.16. The van der Waals surface area contributed by atoms with Crippen molar-refractivity contribution >= 4 is 5.91 Å². The maximum atomic E-state index is 12.3. The predicted octanol–water partition coefficient (Wildman–Crippen LogP) is 9.48. The topological polar surface area (TPSA) is 89.8 Å². The molecule has 0 aliphatic carbocycles. The van der Waals surface area contributed by atoms with Crippen LogP contribution in [0.4, 0.5) is 0 Å². The first-order valence-electron chi connectivity index (χ1n) is 18.1. The van der Waals surface area contributed by atoms with Crippen molar-refractivity contribution < 1.29 is 20.1 Å². The summed E-state index contributed by atoms with van der Waals surface area (Å²) in [5.41, 5.74) is 0. The molecular formula is C37H71NO4. The van der Waals surface area contributed by atoms with Gasteiger partial charge in [-0.05, 0) is 57.8 Å². The molecule has 42 heavy (non-hydrogen) atoms. The van der Waals surface area contributed by atoms with Gasteiger partial charge in [0.2, 0.25) is 5.91 Å². The summed E-state index contributed by atoms with van der Waals surface area (Å²) in [6.45, 7) is 4.10. The molecular weight excluding hydrogens is 522 g/mol. The van der Waals surface area contributed by atoms with Gasteiger partial charge in [-0.15, -0.1) is 0 Å². The molecule has 0 saturated heterocycles. The second-order valence-corrected chi connectivity index (χ2v) is 12.4. The van der Waals surface area contributed by atoms with Gasteiger partial charge in [0.05, 0.1) is 18.8 Å². The number of aliphatic hydroxyl groups is 3. The van der Waals surface area contributed by atoms with Gasteiger partial charge in [0.25, 0.3) is 0 Å². The number of hydrogen-bond donors (Lipinski definition) is 4. The number of nitrogens with one attached hydrogen (secondary N) is 1. The van der Waals surface area contributed by atoms with Crippen molar-refractivity contribution in [1.29, 1.82) is 0 Å². The van der Waals surface area contributed by atoms with Crippen LogP contribution in [0.3, 0.4) is 0 Å². The zero-order valence-electron chi connectivity index (χ0n) is 27.9. The average Bonchev–Trinajstić information content (AvgIpc) is 2.99. The molecule has 0 aromatic heterocycles. The van der Waals surface area contributed by atoms with Crippen LogP contribution >= 0.6 is 0 Å². The van der Waals surface area contributed by atoms with Gasteiger partial charge >= 0.3 is 0 Å². The summed E-state index contributed by atoms with van der Waals surface area (Å²) in [6, 6.07) is -0.827. The molecule has 3 atom stereocenters. The minimum absolute atomic E-state index is 0.170. The Kier molecular flexibility index (Phi) is 31.8. The lowest BCUT2D eigenvalue weighted by atomic mass is 10.0. The van der Waals surface area contributed by atoms with E-state index in [1.54, 1.807) is 0 Å². The van der Waals surface area contributed by atoms with Gasteiger partial charge < -0.3 is 20.6 Å². The molecule has 0 saturated carbocycles. The molecule has 1 amide bonds. The van der Waals surface area contributed by atoms with Gasteiger partial charge in [0, 0.05) is 6.42 Å². The van der Waals surface area contributed by atoms with Gasteiger partial charge in [-0.25, -0.2) is 0 Å². The van der Waals surface area contributed by atoms with E-state index in [4.69, 9.17) is 0 Å². The maximum Gasteiger partial charge on any atom is 0.220 e. The average molecular weight is 594 g/mol. The summed E-state index contributed by atoms with van der Waals surface area (Å²) in [6.07, 6.45) is 37.1. The van der Waals surface area contributed by atoms with Gasteiger partial charge in [0.1, 0.15) is 6.10 Å². The normalized spacial score (nSPS) is 14.1. The van der Waals surface area contributed by atoms with Crippen LogP contribution in [0.1, 0.15) is 181 Å². The number of carbonyl (C=O) groups is 1. The summed E-state index contributed by atoms with van der Waals surface area (Å²) in [7, 11) is 0. The van der Waals surface area contributed by atoms with Crippen molar-refractivity contribution in [3.05, 3.63) is 24.3 Å². The van der Waals surface area contributed by atoms with E-state index >= 15 is 0 Å². The quantitative estimate of drug-likeness (QED) is 0.0462. The first kappa shape index (κ1) is 40.8. The monoisotopic (exact) mass is 594 g/mol. The van der Waals surface area contributed by atoms with E-state index in [2.05, 4.69) is 43.5 Å². The van der Waals surface area contributed by atoms with E-state index in [1.807, 2.05) is 0 Å². The number of amides is 1. The fourth-order valence-electron chi connectivity index (χ4n) is 5.38. The van der Waals surface area contributed by atoms with Gasteiger partial charge in [-0.1, -0.05) is 141 Å². The highest BCUT2D eigenvalue weighted by Crippen LogP contribution is 2.14. The zero-order chi connectivity index (χ0) is 30.9. The lowest BCUT2D eigenvalue weighted by molar-refractivity contribution is -0.124. The molecule has 0 aromatic carbocycles. The number of rotatable bonds is 32. The van der Waals surface area contributed by atoms with Crippen molar-refractivity contribution in [2.45, 2.75) is 199 Å². The van der Waals surface area contributed by atoms with Crippen LogP contribution in [0.5, 0.6) is 0 Å². The SMILES string of the molecule is CCCC/C=C\CCCCCCC(=O)NC(CO)C(O)C(O)CCC/C=C/CCCCCCCCCCCCCCC. The van der Waals surface area contributed by atoms with Crippen LogP contribution in [0.15, 0.2) is 24.3 Å². The Hall–Kier alpha value is -1.17. The first-order chi connectivity index (χ1) is 20.6. The number of unbranched alkanes of at least 4 members (excludes halogenated alkanes) is 20. The highest BCUT2D eigenvalue weighted by atomic mass is 16.3. The molecule has 0 bridgehead atoms. The van der Waals surface area contributed by atoms with E-state index in [1.165, 1.54) is 103 Å². The molecule has 0 spiro atoms. The van der Waals surface area contributed by atoms with Crippen molar-refractivity contribution in [1.82, 2.24) is 5.32 Å². The molecule has 0 aliphatic rings. The fraction of sp³-hybridized carbons (Fsp3) is 0.865. The van der Waals surface area contributed by atoms with E-state index in [0.29, 0.717) is 12.8 Å². The molecule has 0 heterocycles. The Bertz CT molecular complexity index is 621. The molecule has 4 N–H and O–H groups in total. The lowest BCUT2D eigenvalue weighted by Crippen LogP contribution is -2.50. The summed E-state index contributed by atoms with van der Waals surface area (Å²) < 4.78 is 0. The third-order valence-corrected chi connectivity index (χ3v) is 8.28. The Balaban J connectivity index is 3.72. The number of allylic oxidation sites excluding steroid dienone is 4. The Morgan fingerprint density at radius 2 is 0.976 bits per heavy atom. The van der Waals surface area contributed by atoms with Gasteiger partial charge in [0.15, 0.2) is 0 Å². The van der Waals surface area contributed by atoms with E-state index in [9.17, 15) is 20.1 Å². The van der Waals surface area contributed by atoms with Crippen LogP contribution < -0.4 is 5.32 Å². The molecule has 5 nitrogen and oxygen atoms in total. The summed E-state index contributed by atoms with van der Waals surface area (Å²) in [5, 5.41) is 33.2. The summed E-state index contributed by atoms with van der Waals surface area (Å²) in [4.78, 5) is 12.3. The highest BCUT2D eigenvalue weighted by molar-refractivity contribution is 5.76. The third-order valence-electron chi connectivity index (χ3n) is 8.28. The standard InChI is InChI=1S/C37H71NO4/c1-3-5-7-9-11-13-15-16-17-18-19-20-21-22-23-25-27-29-31-35(40)37(42)34(33-39)38-36(41)32-30-28-26-24-14-12-10-8-6-4-2/h10,12,23,25,34-35,37,39-40,42H,3-9,11,13-22,24,26-33H2,1-2H3,(H,38,41)/b12-10-,25-23+. The van der Waals surface area contributed by atoms with Gasteiger partial charge in [-0.2, -0.15) is 0 Å². The zero-order valence-corrected chi connectivity index (χ0v) is 27.9. The molecule has 0 aliphatic heterocycles. The summed E-state index contributed by atoms with van der Waals surface area (Å²) in [5.74, 6) is -0.170. The second kappa shape index (κ2) is 32.7. The Morgan fingerprint density at radius 3 is 1.45 bits per heavy atom. The molecule has 0 fully saturated rings. The smallest absolute Gasteiger partial charge is 0.220 e. The molecule has 5 heteroatoms. The lowest BCUT2D eigenvalue weighted by Gasteiger charge is -2.26. The predicted molar refractivity (Wildman–Crippen MR) is 181 cm³/mol. The molecule has 0 aromatic rings. The van der Waals surface area contributed by atoms with E-state index in [-0.39, 0.29) is 12.5 Å². The maximum absolute atomic E-state index is 12.3. The fourth-order valence-corrected chi connectivity index (χ4v) is 5.38.